The molecule has 3 heteroatoms. The summed E-state index contributed by atoms with van der Waals surface area (Å²) in [5, 5.41) is 0. The maximum absolute atomic E-state index is 10.5. The average molecular weight is 167 g/mol. The normalized spacial score (nSPS) is 10.5. The predicted molar refractivity (Wildman–Crippen MR) is 48.2 cm³/mol. The zero-order valence-corrected chi connectivity index (χ0v) is 6.95. The molecule has 0 aliphatic rings. The van der Waals surface area contributed by atoms with Gasteiger partial charge >= 0.3 is 5.97 Å². The molecule has 0 bridgehead atoms. The number of esters is 1. The zero-order valence-electron chi connectivity index (χ0n) is 6.95. The smallest absolute Gasteiger partial charge is 0.330 e. The molecule has 0 radical (unpaired) electrons. The average Bonchev–Trinajstić information content (AvgIpc) is 2.04. The highest BCUT2D eigenvalue weighted by Crippen LogP contribution is 1.92. The number of nitrogens with two attached hydrogens (primary N) is 1. The van der Waals surface area contributed by atoms with Gasteiger partial charge in [0.1, 0.15) is 6.61 Å². The third kappa shape index (κ3) is 5.29. The Hall–Kier alpha value is -1.51. The quantitative estimate of drug-likeness (QED) is 0.379. The van der Waals surface area contributed by atoms with E-state index in [1.807, 2.05) is 0 Å². The van der Waals surface area contributed by atoms with E-state index in [4.69, 9.17) is 5.73 Å². The maximum Gasteiger partial charge on any atom is 0.330 e. The molecule has 0 aromatic carbocycles. The lowest BCUT2D eigenvalue weighted by atomic mass is 10.3. The summed E-state index contributed by atoms with van der Waals surface area (Å²) in [6.45, 7) is 6.95. The highest BCUT2D eigenvalue weighted by molar-refractivity contribution is 5.81. The van der Waals surface area contributed by atoms with Crippen LogP contribution in [-0.2, 0) is 9.53 Å². The van der Waals surface area contributed by atoms with E-state index >= 15 is 0 Å². The molecule has 0 aliphatic heterocycles. The number of carbonyl (C=O) groups is 1. The molecule has 0 spiro atoms. The van der Waals surface area contributed by atoms with Gasteiger partial charge in [-0.1, -0.05) is 12.7 Å². The predicted octanol–water partition coefficient (Wildman–Crippen LogP) is 1.13. The van der Waals surface area contributed by atoms with E-state index in [0.29, 0.717) is 12.1 Å². The van der Waals surface area contributed by atoms with Gasteiger partial charge in [-0.05, 0) is 6.08 Å². The molecule has 0 aromatic heterocycles. The molecule has 0 atom stereocenters. The van der Waals surface area contributed by atoms with Crippen LogP contribution in [0.3, 0.4) is 0 Å². The largest absolute Gasteiger partial charge is 0.458 e. The van der Waals surface area contributed by atoms with Gasteiger partial charge in [0.25, 0.3) is 0 Å². The Morgan fingerprint density at radius 3 is 2.67 bits per heavy atom. The summed E-state index contributed by atoms with van der Waals surface area (Å²) >= 11 is 0. The fourth-order valence-corrected chi connectivity index (χ4v) is 0.540. The molecule has 0 amide bonds. The summed E-state index contributed by atoms with van der Waals surface area (Å²) in [6.07, 6.45) is 5.02. The van der Waals surface area contributed by atoms with Crippen LogP contribution in [0.5, 0.6) is 0 Å². The molecule has 12 heavy (non-hydrogen) atoms. The van der Waals surface area contributed by atoms with Crippen molar-refractivity contribution in [3.05, 3.63) is 37.1 Å². The van der Waals surface area contributed by atoms with E-state index in [9.17, 15) is 4.79 Å². The Morgan fingerprint density at radius 2 is 2.17 bits per heavy atom. The molecule has 0 heterocycles. The molecule has 0 aromatic rings. The van der Waals surface area contributed by atoms with Crippen LogP contribution in [0.1, 0.15) is 6.42 Å². The van der Waals surface area contributed by atoms with Crippen molar-refractivity contribution in [2.24, 2.45) is 5.73 Å². The van der Waals surface area contributed by atoms with Gasteiger partial charge in [-0.15, -0.1) is 6.58 Å². The number of hydrogen-bond acceptors (Lipinski definition) is 3. The number of carbonyl (C=O) groups excluding carboxylic acids is 1. The van der Waals surface area contributed by atoms with Crippen molar-refractivity contribution >= 4 is 5.97 Å². The van der Waals surface area contributed by atoms with E-state index in [1.165, 1.54) is 0 Å². The summed E-state index contributed by atoms with van der Waals surface area (Å²) in [6, 6.07) is 0. The van der Waals surface area contributed by atoms with Crippen molar-refractivity contribution in [1.82, 2.24) is 0 Å². The van der Waals surface area contributed by atoms with E-state index in [1.54, 1.807) is 12.2 Å². The number of hydrogen-bond donors (Lipinski definition) is 1. The number of allylic oxidation sites excluding steroid dienone is 1. The van der Waals surface area contributed by atoms with Crippen molar-refractivity contribution in [2.75, 3.05) is 6.61 Å². The van der Waals surface area contributed by atoms with Gasteiger partial charge in [-0.2, -0.15) is 0 Å². The minimum absolute atomic E-state index is 0.185. The second-order valence-electron chi connectivity index (χ2n) is 2.11. The monoisotopic (exact) mass is 167 g/mol. The lowest BCUT2D eigenvalue weighted by molar-refractivity contribution is -0.136. The second-order valence-corrected chi connectivity index (χ2v) is 2.11. The van der Waals surface area contributed by atoms with Crippen LogP contribution in [0.4, 0.5) is 0 Å². The van der Waals surface area contributed by atoms with Gasteiger partial charge in [0, 0.05) is 18.2 Å². The summed E-state index contributed by atoms with van der Waals surface area (Å²) in [4.78, 5) is 10.5. The Balaban J connectivity index is 3.65. The van der Waals surface area contributed by atoms with Gasteiger partial charge in [0.2, 0.25) is 0 Å². The topological polar surface area (TPSA) is 52.3 Å². The number of ether oxygens (including phenoxy) is 1. The van der Waals surface area contributed by atoms with Crippen molar-refractivity contribution < 1.29 is 9.53 Å². The first-order valence-corrected chi connectivity index (χ1v) is 3.55. The van der Waals surface area contributed by atoms with Crippen LogP contribution in [-0.4, -0.2) is 12.6 Å². The summed E-state index contributed by atoms with van der Waals surface area (Å²) < 4.78 is 4.66. The van der Waals surface area contributed by atoms with E-state index in [2.05, 4.69) is 17.9 Å². The first-order valence-electron chi connectivity index (χ1n) is 3.55. The van der Waals surface area contributed by atoms with E-state index in [-0.39, 0.29) is 6.61 Å². The highest BCUT2D eigenvalue weighted by atomic mass is 16.5. The summed E-state index contributed by atoms with van der Waals surface area (Å²) in [5.41, 5.74) is 6.13. The molecule has 0 saturated carbocycles. The van der Waals surface area contributed by atoms with Crippen LogP contribution >= 0.6 is 0 Å². The molecule has 2 N–H and O–H groups in total. The van der Waals surface area contributed by atoms with Gasteiger partial charge < -0.3 is 10.5 Å². The van der Waals surface area contributed by atoms with Crippen LogP contribution in [0.15, 0.2) is 37.1 Å². The molecule has 0 fully saturated rings. The lowest BCUT2D eigenvalue weighted by Crippen LogP contribution is -2.03. The van der Waals surface area contributed by atoms with Gasteiger partial charge in [0.05, 0.1) is 0 Å². The maximum atomic E-state index is 10.5. The van der Waals surface area contributed by atoms with Crippen molar-refractivity contribution in [1.29, 1.82) is 0 Å². The zero-order chi connectivity index (χ0) is 9.40. The van der Waals surface area contributed by atoms with Crippen LogP contribution in [0.2, 0.25) is 0 Å². The Morgan fingerprint density at radius 1 is 1.50 bits per heavy atom. The van der Waals surface area contributed by atoms with Crippen LogP contribution in [0.25, 0.3) is 0 Å². The van der Waals surface area contributed by atoms with E-state index < -0.39 is 5.97 Å². The van der Waals surface area contributed by atoms with Crippen molar-refractivity contribution in [3.63, 3.8) is 0 Å². The molecule has 66 valence electrons. The van der Waals surface area contributed by atoms with Gasteiger partial charge in [-0.3, -0.25) is 0 Å². The first kappa shape index (κ1) is 10.5. The molecule has 3 nitrogen and oxygen atoms in total. The fraction of sp³-hybridized carbons (Fsp3) is 0.222. The summed E-state index contributed by atoms with van der Waals surface area (Å²) in [5.74, 6) is -0.447. The van der Waals surface area contributed by atoms with Crippen LogP contribution in [0, 0.1) is 0 Å². The third-order valence-corrected chi connectivity index (χ3v) is 1.12. The van der Waals surface area contributed by atoms with Crippen molar-refractivity contribution in [3.8, 4) is 0 Å². The summed E-state index contributed by atoms with van der Waals surface area (Å²) in [7, 11) is 0. The fourth-order valence-electron chi connectivity index (χ4n) is 0.540. The molecule has 0 aliphatic carbocycles. The second kappa shape index (κ2) is 6.22. The SMILES string of the molecule is C=CCC(N)=CCOC(=O)C=C. The first-order chi connectivity index (χ1) is 5.70. The third-order valence-electron chi connectivity index (χ3n) is 1.12. The standard InChI is InChI=1S/C9H13NO2/c1-3-5-8(10)6-7-12-9(11)4-2/h3-4,6H,1-2,5,7,10H2. The molecule has 0 rings (SSSR count). The Kier molecular flexibility index (Phi) is 5.43. The molecular formula is C9H13NO2. The molecule has 0 unspecified atom stereocenters. The van der Waals surface area contributed by atoms with E-state index in [0.717, 1.165) is 6.08 Å². The van der Waals surface area contributed by atoms with Crippen LogP contribution < -0.4 is 5.73 Å². The number of rotatable bonds is 5. The minimum Gasteiger partial charge on any atom is -0.458 e. The Labute approximate surface area is 72.2 Å². The Bertz CT molecular complexity index is 207. The molecule has 0 saturated heterocycles. The van der Waals surface area contributed by atoms with Gasteiger partial charge in [0.15, 0.2) is 0 Å². The lowest BCUT2D eigenvalue weighted by Gasteiger charge is -1.98. The van der Waals surface area contributed by atoms with Gasteiger partial charge in [-0.25, -0.2) is 4.79 Å². The highest BCUT2D eigenvalue weighted by Gasteiger charge is 1.92. The van der Waals surface area contributed by atoms with Crippen molar-refractivity contribution in [2.45, 2.75) is 6.42 Å². The molecular weight excluding hydrogens is 154 g/mol. The minimum atomic E-state index is -0.447.